The number of hydrogen-bond acceptors (Lipinski definition) is 4. The predicted octanol–water partition coefficient (Wildman–Crippen LogP) is 1.76. The number of thiazole rings is 1. The van der Waals surface area contributed by atoms with E-state index < -0.39 is 0 Å². The summed E-state index contributed by atoms with van der Waals surface area (Å²) in [4.78, 5) is 4.59. The Kier molecular flexibility index (Phi) is 3.50. The third-order valence-corrected chi connectivity index (χ3v) is 3.44. The first-order valence-corrected chi connectivity index (χ1v) is 5.92. The molecule has 1 aromatic rings. The molecule has 0 aromatic carbocycles. The van der Waals surface area contributed by atoms with Crippen molar-refractivity contribution in [1.29, 1.82) is 0 Å². The van der Waals surface area contributed by atoms with Gasteiger partial charge in [-0.3, -0.25) is 0 Å². The highest BCUT2D eigenvalue weighted by Crippen LogP contribution is 2.26. The fourth-order valence-corrected chi connectivity index (χ4v) is 2.67. The molecule has 0 amide bonds. The summed E-state index contributed by atoms with van der Waals surface area (Å²) in [6.07, 6.45) is 2.44. The Morgan fingerprint density at radius 3 is 3.07 bits per heavy atom. The summed E-state index contributed by atoms with van der Waals surface area (Å²) in [7, 11) is 1.71. The van der Waals surface area contributed by atoms with Crippen molar-refractivity contribution in [2.45, 2.75) is 25.4 Å². The monoisotopic (exact) mass is 212 g/mol. The Morgan fingerprint density at radius 2 is 2.36 bits per heavy atom. The van der Waals surface area contributed by atoms with Crippen molar-refractivity contribution >= 4 is 11.3 Å². The molecule has 78 valence electrons. The Labute approximate surface area is 88.5 Å². The molecule has 0 radical (unpaired) electrons. The third-order valence-electron chi connectivity index (χ3n) is 2.59. The van der Waals surface area contributed by atoms with Gasteiger partial charge in [0.05, 0.1) is 12.3 Å². The molecule has 0 aliphatic carbocycles. The highest BCUT2D eigenvalue weighted by molar-refractivity contribution is 7.09. The first-order valence-electron chi connectivity index (χ1n) is 5.04. The summed E-state index contributed by atoms with van der Waals surface area (Å²) in [6.45, 7) is 2.90. The van der Waals surface area contributed by atoms with Crippen LogP contribution in [-0.4, -0.2) is 25.2 Å². The Balaban J connectivity index is 2.00. The van der Waals surface area contributed by atoms with Crippen LogP contribution in [0.5, 0.6) is 0 Å². The quantitative estimate of drug-likeness (QED) is 0.829. The van der Waals surface area contributed by atoms with Crippen LogP contribution in [0.4, 0.5) is 0 Å². The molecule has 1 aromatic heterocycles. The number of rotatable bonds is 3. The van der Waals surface area contributed by atoms with E-state index in [4.69, 9.17) is 4.74 Å². The van der Waals surface area contributed by atoms with Crippen molar-refractivity contribution in [1.82, 2.24) is 10.3 Å². The highest BCUT2D eigenvalue weighted by Gasteiger charge is 2.17. The van der Waals surface area contributed by atoms with Gasteiger partial charge in [0.25, 0.3) is 0 Å². The van der Waals surface area contributed by atoms with Crippen LogP contribution < -0.4 is 5.32 Å². The first-order chi connectivity index (χ1) is 6.90. The van der Waals surface area contributed by atoms with E-state index in [1.807, 2.05) is 0 Å². The van der Waals surface area contributed by atoms with Gasteiger partial charge in [0.2, 0.25) is 0 Å². The topological polar surface area (TPSA) is 34.1 Å². The Hall–Kier alpha value is -0.450. The van der Waals surface area contributed by atoms with Crippen LogP contribution in [0.2, 0.25) is 0 Å². The van der Waals surface area contributed by atoms with Crippen LogP contribution in [0, 0.1) is 0 Å². The van der Waals surface area contributed by atoms with E-state index in [1.54, 1.807) is 18.4 Å². The van der Waals surface area contributed by atoms with Crippen LogP contribution in [0.15, 0.2) is 5.38 Å². The summed E-state index contributed by atoms with van der Waals surface area (Å²) >= 11 is 1.71. The van der Waals surface area contributed by atoms with Crippen LogP contribution in [0.1, 0.15) is 29.5 Å². The van der Waals surface area contributed by atoms with Gasteiger partial charge in [0.15, 0.2) is 0 Å². The number of nitrogens with one attached hydrogen (secondary N) is 1. The molecule has 4 heteroatoms. The molecule has 0 saturated carbocycles. The number of methoxy groups -OCH3 is 1. The van der Waals surface area contributed by atoms with E-state index in [9.17, 15) is 0 Å². The maximum atomic E-state index is 5.06. The van der Waals surface area contributed by atoms with Crippen molar-refractivity contribution in [3.8, 4) is 0 Å². The lowest BCUT2D eigenvalue weighted by atomic mass is 9.95. The smallest absolute Gasteiger partial charge is 0.119 e. The zero-order chi connectivity index (χ0) is 9.80. The van der Waals surface area contributed by atoms with Crippen molar-refractivity contribution in [2.75, 3.05) is 20.2 Å². The maximum absolute atomic E-state index is 5.06. The minimum absolute atomic E-state index is 0.648. The standard InChI is InChI=1S/C10H16N2OS/c1-13-6-10-12-9(7-14-10)8-2-4-11-5-3-8/h7-8,11H,2-6H2,1H3. The van der Waals surface area contributed by atoms with Gasteiger partial charge in [0, 0.05) is 18.4 Å². The average molecular weight is 212 g/mol. The van der Waals surface area contributed by atoms with Crippen molar-refractivity contribution in [2.24, 2.45) is 0 Å². The molecule has 1 aliphatic heterocycles. The second-order valence-corrected chi connectivity index (χ2v) is 4.57. The normalized spacial score (nSPS) is 18.6. The van der Waals surface area contributed by atoms with E-state index in [0.29, 0.717) is 12.5 Å². The zero-order valence-electron chi connectivity index (χ0n) is 8.45. The summed E-state index contributed by atoms with van der Waals surface area (Å²) < 4.78 is 5.06. The van der Waals surface area contributed by atoms with Gasteiger partial charge in [-0.1, -0.05) is 0 Å². The lowest BCUT2D eigenvalue weighted by Crippen LogP contribution is -2.26. The molecule has 14 heavy (non-hydrogen) atoms. The summed E-state index contributed by atoms with van der Waals surface area (Å²) in [5.74, 6) is 0.665. The van der Waals surface area contributed by atoms with Gasteiger partial charge in [-0.05, 0) is 25.9 Å². The molecule has 1 saturated heterocycles. The van der Waals surface area contributed by atoms with Crippen LogP contribution in [-0.2, 0) is 11.3 Å². The lowest BCUT2D eigenvalue weighted by molar-refractivity contribution is 0.184. The zero-order valence-corrected chi connectivity index (χ0v) is 9.27. The number of piperidine rings is 1. The minimum Gasteiger partial charge on any atom is -0.378 e. The van der Waals surface area contributed by atoms with Gasteiger partial charge in [-0.25, -0.2) is 4.98 Å². The van der Waals surface area contributed by atoms with Gasteiger partial charge < -0.3 is 10.1 Å². The minimum atomic E-state index is 0.648. The highest BCUT2D eigenvalue weighted by atomic mass is 32.1. The molecule has 0 bridgehead atoms. The second kappa shape index (κ2) is 4.87. The largest absolute Gasteiger partial charge is 0.378 e. The fraction of sp³-hybridized carbons (Fsp3) is 0.700. The molecule has 2 rings (SSSR count). The Morgan fingerprint density at radius 1 is 1.57 bits per heavy atom. The number of nitrogens with zero attached hydrogens (tertiary/aromatic N) is 1. The number of aromatic nitrogens is 1. The maximum Gasteiger partial charge on any atom is 0.119 e. The van der Waals surface area contributed by atoms with Crippen molar-refractivity contribution in [3.63, 3.8) is 0 Å². The van der Waals surface area contributed by atoms with E-state index in [2.05, 4.69) is 15.7 Å². The average Bonchev–Trinajstić information content (AvgIpc) is 2.68. The van der Waals surface area contributed by atoms with E-state index in [1.165, 1.54) is 18.5 Å². The molecule has 0 atom stereocenters. The molecule has 1 aliphatic rings. The Bertz CT molecular complexity index is 281. The third kappa shape index (κ3) is 2.32. The number of hydrogen-bond donors (Lipinski definition) is 1. The summed E-state index contributed by atoms with van der Waals surface area (Å²) in [6, 6.07) is 0. The predicted molar refractivity (Wildman–Crippen MR) is 57.7 cm³/mol. The van der Waals surface area contributed by atoms with Crippen LogP contribution in [0.25, 0.3) is 0 Å². The second-order valence-electron chi connectivity index (χ2n) is 3.62. The molecule has 2 heterocycles. The van der Waals surface area contributed by atoms with Crippen molar-refractivity contribution < 1.29 is 4.74 Å². The SMILES string of the molecule is COCc1nc(C2CCNCC2)cs1. The van der Waals surface area contributed by atoms with Crippen molar-refractivity contribution in [3.05, 3.63) is 16.1 Å². The van der Waals surface area contributed by atoms with Crippen LogP contribution in [0.3, 0.4) is 0 Å². The summed E-state index contributed by atoms with van der Waals surface area (Å²) in [5, 5.41) is 6.65. The molecule has 1 fully saturated rings. The number of ether oxygens (including phenoxy) is 1. The molecular weight excluding hydrogens is 196 g/mol. The van der Waals surface area contributed by atoms with Crippen LogP contribution >= 0.6 is 11.3 Å². The summed E-state index contributed by atoms with van der Waals surface area (Å²) in [5.41, 5.74) is 1.27. The van der Waals surface area contributed by atoms with E-state index in [0.717, 1.165) is 18.1 Å². The van der Waals surface area contributed by atoms with Gasteiger partial charge in [-0.15, -0.1) is 11.3 Å². The molecule has 3 nitrogen and oxygen atoms in total. The molecule has 0 unspecified atom stereocenters. The van der Waals surface area contributed by atoms with E-state index in [-0.39, 0.29) is 0 Å². The molecule has 0 spiro atoms. The van der Waals surface area contributed by atoms with Gasteiger partial charge in [-0.2, -0.15) is 0 Å². The lowest BCUT2D eigenvalue weighted by Gasteiger charge is -2.20. The molecular formula is C10H16N2OS. The fourth-order valence-electron chi connectivity index (χ4n) is 1.82. The van der Waals surface area contributed by atoms with Gasteiger partial charge in [0.1, 0.15) is 5.01 Å². The van der Waals surface area contributed by atoms with E-state index >= 15 is 0 Å². The van der Waals surface area contributed by atoms with Gasteiger partial charge >= 0.3 is 0 Å². The molecule has 1 N–H and O–H groups in total. The first kappa shape index (κ1) is 10.1.